The van der Waals surface area contributed by atoms with Crippen LogP contribution in [0.15, 0.2) is 0 Å². The molecule has 0 unspecified atom stereocenters. The lowest BCUT2D eigenvalue weighted by Gasteiger charge is -2.34. The molecule has 2 aliphatic rings. The maximum absolute atomic E-state index is 13.3. The van der Waals surface area contributed by atoms with Crippen LogP contribution in [0.5, 0.6) is 0 Å². The van der Waals surface area contributed by atoms with Crippen molar-refractivity contribution in [2.45, 2.75) is 90.5 Å². The SMILES string of the molecule is CCCCNC(=O)N1CCC(CN2C(=N)NC(CCCC)(CCCC)C2=O)CC1. The van der Waals surface area contributed by atoms with Crippen LogP contribution in [-0.2, 0) is 4.79 Å². The number of hydrogen-bond donors (Lipinski definition) is 3. The molecule has 0 spiro atoms. The maximum Gasteiger partial charge on any atom is 0.317 e. The molecule has 0 atom stereocenters. The highest BCUT2D eigenvalue weighted by Crippen LogP contribution is 2.30. The molecule has 2 saturated heterocycles. The lowest BCUT2D eigenvalue weighted by molar-refractivity contribution is -0.132. The Kier molecular flexibility index (Phi) is 9.24. The van der Waals surface area contributed by atoms with Crippen LogP contribution in [0.25, 0.3) is 0 Å². The first-order valence-corrected chi connectivity index (χ1v) is 11.7. The van der Waals surface area contributed by atoms with Crippen LogP contribution in [0.1, 0.15) is 85.0 Å². The van der Waals surface area contributed by atoms with Crippen molar-refractivity contribution in [1.29, 1.82) is 5.41 Å². The van der Waals surface area contributed by atoms with E-state index in [1.54, 1.807) is 4.90 Å². The number of amides is 3. The quantitative estimate of drug-likeness (QED) is 0.456. The molecule has 3 N–H and O–H groups in total. The normalized spacial score (nSPS) is 19.6. The fourth-order valence-corrected chi connectivity index (χ4v) is 4.36. The second kappa shape index (κ2) is 11.4. The van der Waals surface area contributed by atoms with Gasteiger partial charge in [-0.15, -0.1) is 0 Å². The molecule has 0 aromatic carbocycles. The summed E-state index contributed by atoms with van der Waals surface area (Å²) in [6.07, 6.45) is 9.55. The Bertz CT molecular complexity index is 549. The van der Waals surface area contributed by atoms with Crippen LogP contribution in [0, 0.1) is 11.3 Å². The minimum Gasteiger partial charge on any atom is -0.342 e. The zero-order valence-corrected chi connectivity index (χ0v) is 18.7. The van der Waals surface area contributed by atoms with Gasteiger partial charge < -0.3 is 15.5 Å². The van der Waals surface area contributed by atoms with Gasteiger partial charge >= 0.3 is 6.03 Å². The van der Waals surface area contributed by atoms with Gasteiger partial charge in [0.25, 0.3) is 5.91 Å². The monoisotopic (exact) mass is 407 g/mol. The lowest BCUT2D eigenvalue weighted by atomic mass is 9.86. The summed E-state index contributed by atoms with van der Waals surface area (Å²) < 4.78 is 0. The highest BCUT2D eigenvalue weighted by atomic mass is 16.2. The van der Waals surface area contributed by atoms with Crippen molar-refractivity contribution in [3.8, 4) is 0 Å². The average Bonchev–Trinajstić information content (AvgIpc) is 2.96. The van der Waals surface area contributed by atoms with E-state index in [0.29, 0.717) is 12.5 Å². The Morgan fingerprint density at radius 3 is 2.24 bits per heavy atom. The fourth-order valence-electron chi connectivity index (χ4n) is 4.36. The van der Waals surface area contributed by atoms with Crippen LogP contribution in [-0.4, -0.2) is 59.4 Å². The molecule has 2 aliphatic heterocycles. The molecule has 0 bridgehead atoms. The number of likely N-dealkylation sites (tertiary alicyclic amines) is 1. The Labute approximate surface area is 176 Å². The first-order valence-electron chi connectivity index (χ1n) is 11.7. The summed E-state index contributed by atoms with van der Waals surface area (Å²) >= 11 is 0. The van der Waals surface area contributed by atoms with Crippen molar-refractivity contribution in [3.05, 3.63) is 0 Å². The number of carbonyl (C=O) groups is 2. The van der Waals surface area contributed by atoms with Crippen molar-refractivity contribution in [1.82, 2.24) is 20.4 Å². The first kappa shape index (κ1) is 23.5. The number of nitrogens with zero attached hydrogens (tertiary/aromatic N) is 2. The van der Waals surface area contributed by atoms with Gasteiger partial charge in [-0.3, -0.25) is 15.1 Å². The minimum atomic E-state index is -0.580. The first-order chi connectivity index (χ1) is 14.0. The molecule has 0 saturated carbocycles. The van der Waals surface area contributed by atoms with E-state index in [0.717, 1.165) is 83.8 Å². The summed E-state index contributed by atoms with van der Waals surface area (Å²) in [6.45, 7) is 9.17. The van der Waals surface area contributed by atoms with E-state index in [4.69, 9.17) is 5.41 Å². The highest BCUT2D eigenvalue weighted by molar-refractivity contribution is 6.07. The molecule has 2 heterocycles. The molecular weight excluding hydrogens is 366 g/mol. The van der Waals surface area contributed by atoms with E-state index in [1.165, 1.54) is 0 Å². The number of carbonyl (C=O) groups excluding carboxylic acids is 2. The zero-order valence-electron chi connectivity index (χ0n) is 18.7. The van der Waals surface area contributed by atoms with Crippen LogP contribution >= 0.6 is 0 Å². The summed E-state index contributed by atoms with van der Waals surface area (Å²) in [6, 6.07) is 0.0294. The maximum atomic E-state index is 13.3. The molecule has 0 aliphatic carbocycles. The summed E-state index contributed by atoms with van der Waals surface area (Å²) in [5, 5.41) is 14.7. The second-order valence-corrected chi connectivity index (χ2v) is 8.69. The Morgan fingerprint density at radius 2 is 1.69 bits per heavy atom. The van der Waals surface area contributed by atoms with Crippen molar-refractivity contribution < 1.29 is 9.59 Å². The number of unbranched alkanes of at least 4 members (excludes halogenated alkanes) is 3. The van der Waals surface area contributed by atoms with Gasteiger partial charge in [0.1, 0.15) is 5.54 Å². The number of piperidine rings is 1. The molecule has 3 amide bonds. The molecule has 2 rings (SSSR count). The van der Waals surface area contributed by atoms with Crippen LogP contribution in [0.4, 0.5) is 4.79 Å². The molecule has 2 fully saturated rings. The van der Waals surface area contributed by atoms with Crippen molar-refractivity contribution in [2.24, 2.45) is 5.92 Å². The van der Waals surface area contributed by atoms with E-state index >= 15 is 0 Å². The predicted octanol–water partition coefficient (Wildman–Crippen LogP) is 3.69. The number of rotatable bonds is 11. The minimum absolute atomic E-state index is 0.0294. The van der Waals surface area contributed by atoms with Gasteiger partial charge in [0, 0.05) is 26.2 Å². The summed E-state index contributed by atoms with van der Waals surface area (Å²) in [4.78, 5) is 29.1. The molecule has 29 heavy (non-hydrogen) atoms. The molecule has 0 aromatic rings. The van der Waals surface area contributed by atoms with E-state index in [1.807, 2.05) is 4.90 Å². The van der Waals surface area contributed by atoms with Gasteiger partial charge in [-0.25, -0.2) is 4.79 Å². The predicted molar refractivity (Wildman–Crippen MR) is 117 cm³/mol. The lowest BCUT2D eigenvalue weighted by Crippen LogP contribution is -2.48. The fraction of sp³-hybridized carbons (Fsp3) is 0.864. The summed E-state index contributed by atoms with van der Waals surface area (Å²) in [7, 11) is 0. The summed E-state index contributed by atoms with van der Waals surface area (Å²) in [5.41, 5.74) is -0.580. The van der Waals surface area contributed by atoms with Gasteiger partial charge in [0.2, 0.25) is 0 Å². The van der Waals surface area contributed by atoms with Crippen molar-refractivity contribution in [3.63, 3.8) is 0 Å². The number of nitrogens with one attached hydrogen (secondary N) is 3. The van der Waals surface area contributed by atoms with E-state index in [9.17, 15) is 9.59 Å². The molecule has 7 heteroatoms. The number of hydrogen-bond acceptors (Lipinski definition) is 3. The van der Waals surface area contributed by atoms with Gasteiger partial charge in [-0.1, -0.05) is 52.9 Å². The Balaban J connectivity index is 1.89. The standard InChI is InChI=1S/C22H41N5O2/c1-4-7-12-22(13-8-5-2)19(28)27(20(23)25-22)17-18-10-15-26(16-11-18)21(29)24-14-9-6-3/h18H,4-17H2,1-3H3,(H2,23,25)(H,24,29). The van der Waals surface area contributed by atoms with Crippen molar-refractivity contribution >= 4 is 17.9 Å². The topological polar surface area (TPSA) is 88.5 Å². The number of urea groups is 1. The van der Waals surface area contributed by atoms with Gasteiger partial charge in [-0.2, -0.15) is 0 Å². The molecule has 0 radical (unpaired) electrons. The van der Waals surface area contributed by atoms with Crippen LogP contribution in [0.3, 0.4) is 0 Å². The van der Waals surface area contributed by atoms with Crippen LogP contribution < -0.4 is 10.6 Å². The third-order valence-corrected chi connectivity index (χ3v) is 6.35. The van der Waals surface area contributed by atoms with Gasteiger partial charge in [0.05, 0.1) is 0 Å². The Morgan fingerprint density at radius 1 is 1.10 bits per heavy atom. The largest absolute Gasteiger partial charge is 0.342 e. The highest BCUT2D eigenvalue weighted by Gasteiger charge is 2.48. The van der Waals surface area contributed by atoms with Gasteiger partial charge in [0.15, 0.2) is 5.96 Å². The van der Waals surface area contributed by atoms with Gasteiger partial charge in [-0.05, 0) is 38.0 Å². The third kappa shape index (κ3) is 6.09. The van der Waals surface area contributed by atoms with E-state index in [2.05, 4.69) is 31.4 Å². The molecule has 0 aromatic heterocycles. The number of guanidine groups is 1. The van der Waals surface area contributed by atoms with E-state index < -0.39 is 5.54 Å². The van der Waals surface area contributed by atoms with Crippen LogP contribution in [0.2, 0.25) is 0 Å². The molecule has 166 valence electrons. The van der Waals surface area contributed by atoms with Crippen molar-refractivity contribution in [2.75, 3.05) is 26.2 Å². The molecular formula is C22H41N5O2. The van der Waals surface area contributed by atoms with E-state index in [-0.39, 0.29) is 17.9 Å². The molecule has 7 nitrogen and oxygen atoms in total. The zero-order chi connectivity index (χ0) is 21.3. The third-order valence-electron chi connectivity index (χ3n) is 6.35. The average molecular weight is 408 g/mol. The Hall–Kier alpha value is -1.79. The smallest absolute Gasteiger partial charge is 0.317 e. The summed E-state index contributed by atoms with van der Waals surface area (Å²) in [5.74, 6) is 0.694. The second-order valence-electron chi connectivity index (χ2n) is 8.69.